The minimum absolute atomic E-state index is 0.0260. The van der Waals surface area contributed by atoms with Gasteiger partial charge in [0, 0.05) is 17.3 Å². The Bertz CT molecular complexity index is 572. The van der Waals surface area contributed by atoms with Crippen LogP contribution in [0.1, 0.15) is 15.9 Å². The van der Waals surface area contributed by atoms with E-state index < -0.39 is 23.2 Å². The minimum atomic E-state index is -0.983. The summed E-state index contributed by atoms with van der Waals surface area (Å²) in [5.41, 5.74) is 5.05. The lowest BCUT2D eigenvalue weighted by Crippen LogP contribution is -2.08. The molecular formula is C13H8F3NO. The summed E-state index contributed by atoms with van der Waals surface area (Å²) in [6, 6.07) is 5.77. The van der Waals surface area contributed by atoms with E-state index in [2.05, 4.69) is 0 Å². The molecule has 92 valence electrons. The molecule has 0 bridgehead atoms. The maximum absolute atomic E-state index is 13.4. The Kier molecular flexibility index (Phi) is 3.06. The first-order chi connectivity index (χ1) is 8.49. The average molecular weight is 251 g/mol. The molecule has 0 aliphatic heterocycles. The number of ketones is 1. The van der Waals surface area contributed by atoms with Gasteiger partial charge in [-0.25, -0.2) is 13.2 Å². The van der Waals surface area contributed by atoms with E-state index in [-0.39, 0.29) is 16.8 Å². The van der Waals surface area contributed by atoms with Crippen LogP contribution in [0.3, 0.4) is 0 Å². The number of carbonyl (C=O) groups is 1. The van der Waals surface area contributed by atoms with Crippen molar-refractivity contribution in [1.29, 1.82) is 0 Å². The highest BCUT2D eigenvalue weighted by Crippen LogP contribution is 2.20. The van der Waals surface area contributed by atoms with Crippen LogP contribution in [0.25, 0.3) is 0 Å². The van der Waals surface area contributed by atoms with Crippen molar-refractivity contribution in [3.8, 4) is 0 Å². The summed E-state index contributed by atoms with van der Waals surface area (Å²) in [6.07, 6.45) is 0. The summed E-state index contributed by atoms with van der Waals surface area (Å²) in [5.74, 6) is -3.08. The van der Waals surface area contributed by atoms with Gasteiger partial charge >= 0.3 is 0 Å². The zero-order chi connectivity index (χ0) is 13.3. The maximum Gasteiger partial charge on any atom is 0.198 e. The quantitative estimate of drug-likeness (QED) is 0.658. The van der Waals surface area contributed by atoms with Crippen molar-refractivity contribution in [2.24, 2.45) is 0 Å². The van der Waals surface area contributed by atoms with Crippen LogP contribution in [0.15, 0.2) is 36.4 Å². The second-order valence-corrected chi connectivity index (χ2v) is 3.68. The van der Waals surface area contributed by atoms with Crippen molar-refractivity contribution in [2.75, 3.05) is 5.73 Å². The minimum Gasteiger partial charge on any atom is -0.398 e. The molecule has 0 aliphatic carbocycles. The third-order valence-corrected chi connectivity index (χ3v) is 2.43. The zero-order valence-corrected chi connectivity index (χ0v) is 9.08. The Hall–Kier alpha value is -2.30. The van der Waals surface area contributed by atoms with E-state index in [0.29, 0.717) is 6.07 Å². The number of carbonyl (C=O) groups excluding carboxylic acids is 1. The summed E-state index contributed by atoms with van der Waals surface area (Å²) < 4.78 is 39.0. The predicted octanol–water partition coefficient (Wildman–Crippen LogP) is 2.92. The second kappa shape index (κ2) is 4.52. The zero-order valence-electron chi connectivity index (χ0n) is 9.08. The van der Waals surface area contributed by atoms with Gasteiger partial charge in [0.25, 0.3) is 0 Å². The van der Waals surface area contributed by atoms with Crippen molar-refractivity contribution in [2.45, 2.75) is 0 Å². The molecule has 5 heteroatoms. The molecule has 0 aromatic heterocycles. The predicted molar refractivity (Wildman–Crippen MR) is 60.6 cm³/mol. The highest BCUT2D eigenvalue weighted by Gasteiger charge is 2.17. The Morgan fingerprint density at radius 1 is 0.889 bits per heavy atom. The van der Waals surface area contributed by atoms with E-state index in [1.807, 2.05) is 0 Å². The molecule has 0 fully saturated rings. The molecule has 2 aromatic rings. The molecule has 0 aliphatic rings. The van der Waals surface area contributed by atoms with Crippen LogP contribution < -0.4 is 5.73 Å². The SMILES string of the molecule is Nc1cc(F)ccc1C(=O)c1ccc(F)cc1F. The molecule has 2 aromatic carbocycles. The molecule has 0 atom stereocenters. The number of hydrogen-bond acceptors (Lipinski definition) is 2. The first-order valence-electron chi connectivity index (χ1n) is 5.04. The summed E-state index contributed by atoms with van der Waals surface area (Å²) in [6.45, 7) is 0. The molecule has 0 unspecified atom stereocenters. The fourth-order valence-electron chi connectivity index (χ4n) is 1.56. The monoisotopic (exact) mass is 251 g/mol. The van der Waals surface area contributed by atoms with Crippen LogP contribution in [0.4, 0.5) is 18.9 Å². The van der Waals surface area contributed by atoms with E-state index >= 15 is 0 Å². The van der Waals surface area contributed by atoms with Crippen molar-refractivity contribution in [1.82, 2.24) is 0 Å². The molecule has 0 amide bonds. The van der Waals surface area contributed by atoms with Gasteiger partial charge in [0.05, 0.1) is 5.56 Å². The Morgan fingerprint density at radius 2 is 1.44 bits per heavy atom. The smallest absolute Gasteiger partial charge is 0.198 e. The van der Waals surface area contributed by atoms with Gasteiger partial charge in [-0.05, 0) is 30.3 Å². The molecule has 0 heterocycles. The van der Waals surface area contributed by atoms with Crippen LogP contribution in [-0.2, 0) is 0 Å². The molecule has 18 heavy (non-hydrogen) atoms. The first kappa shape index (κ1) is 12.2. The van der Waals surface area contributed by atoms with Crippen LogP contribution in [0.5, 0.6) is 0 Å². The topological polar surface area (TPSA) is 43.1 Å². The van der Waals surface area contributed by atoms with Crippen molar-refractivity contribution >= 4 is 11.5 Å². The van der Waals surface area contributed by atoms with Crippen molar-refractivity contribution in [3.63, 3.8) is 0 Å². The van der Waals surface area contributed by atoms with Crippen LogP contribution in [0, 0.1) is 17.5 Å². The van der Waals surface area contributed by atoms with Crippen molar-refractivity contribution in [3.05, 3.63) is 65.0 Å². The molecule has 2 nitrogen and oxygen atoms in total. The number of hydrogen-bond donors (Lipinski definition) is 1. The maximum atomic E-state index is 13.4. The number of rotatable bonds is 2. The Morgan fingerprint density at radius 3 is 2.00 bits per heavy atom. The standard InChI is InChI=1S/C13H8F3NO/c14-7-1-3-9(11(16)5-7)13(18)10-4-2-8(15)6-12(10)17/h1-6H,17H2. The normalized spacial score (nSPS) is 10.4. The largest absolute Gasteiger partial charge is 0.398 e. The Balaban J connectivity index is 2.48. The third kappa shape index (κ3) is 2.20. The van der Waals surface area contributed by atoms with E-state index in [1.165, 1.54) is 0 Å². The Labute approximate surface area is 101 Å². The van der Waals surface area contributed by atoms with Crippen LogP contribution in [-0.4, -0.2) is 5.78 Å². The van der Waals surface area contributed by atoms with Crippen molar-refractivity contribution < 1.29 is 18.0 Å². The fraction of sp³-hybridized carbons (Fsp3) is 0. The number of nitrogens with two attached hydrogens (primary N) is 1. The first-order valence-corrected chi connectivity index (χ1v) is 5.04. The van der Waals surface area contributed by atoms with Gasteiger partial charge in [0.2, 0.25) is 0 Å². The van der Waals surface area contributed by atoms with Gasteiger partial charge in [-0.2, -0.15) is 0 Å². The van der Waals surface area contributed by atoms with Gasteiger partial charge in [-0.1, -0.05) is 0 Å². The number of benzene rings is 2. The lowest BCUT2D eigenvalue weighted by atomic mass is 10.0. The highest BCUT2D eigenvalue weighted by molar-refractivity contribution is 6.12. The average Bonchev–Trinajstić information content (AvgIpc) is 2.28. The van der Waals surface area contributed by atoms with Gasteiger partial charge in [0.15, 0.2) is 5.78 Å². The third-order valence-electron chi connectivity index (χ3n) is 2.43. The fourth-order valence-corrected chi connectivity index (χ4v) is 1.56. The number of anilines is 1. The van der Waals surface area contributed by atoms with Gasteiger partial charge in [-0.3, -0.25) is 4.79 Å². The van der Waals surface area contributed by atoms with Crippen LogP contribution in [0.2, 0.25) is 0 Å². The number of nitrogen functional groups attached to an aromatic ring is 1. The summed E-state index contributed by atoms with van der Waals surface area (Å²) in [7, 11) is 0. The summed E-state index contributed by atoms with van der Waals surface area (Å²) in [4.78, 5) is 11.9. The van der Waals surface area contributed by atoms with E-state index in [9.17, 15) is 18.0 Å². The highest BCUT2D eigenvalue weighted by atomic mass is 19.1. The summed E-state index contributed by atoms with van der Waals surface area (Å²) in [5, 5.41) is 0. The molecular weight excluding hydrogens is 243 g/mol. The molecule has 0 saturated carbocycles. The van der Waals surface area contributed by atoms with Crippen LogP contribution >= 0.6 is 0 Å². The molecule has 0 radical (unpaired) electrons. The van der Waals surface area contributed by atoms with E-state index in [1.54, 1.807) is 0 Å². The molecule has 0 saturated heterocycles. The lowest BCUT2D eigenvalue weighted by molar-refractivity contribution is 0.103. The van der Waals surface area contributed by atoms with Gasteiger partial charge in [0.1, 0.15) is 17.5 Å². The number of halogens is 3. The summed E-state index contributed by atoms with van der Waals surface area (Å²) >= 11 is 0. The van der Waals surface area contributed by atoms with Gasteiger partial charge in [-0.15, -0.1) is 0 Å². The molecule has 0 spiro atoms. The second-order valence-electron chi connectivity index (χ2n) is 3.68. The van der Waals surface area contributed by atoms with E-state index in [4.69, 9.17) is 5.73 Å². The lowest BCUT2D eigenvalue weighted by Gasteiger charge is -2.06. The van der Waals surface area contributed by atoms with Gasteiger partial charge < -0.3 is 5.73 Å². The van der Waals surface area contributed by atoms with E-state index in [0.717, 1.165) is 30.3 Å². The molecule has 2 rings (SSSR count). The molecule has 2 N–H and O–H groups in total.